The molecule has 0 heterocycles. The zero-order chi connectivity index (χ0) is 19.0. The molecule has 4 bridgehead atoms. The molecule has 27 heavy (non-hydrogen) atoms. The van der Waals surface area contributed by atoms with Gasteiger partial charge in [-0.2, -0.15) is 0 Å². The fourth-order valence-corrected chi connectivity index (χ4v) is 5.90. The number of benzene rings is 1. The van der Waals surface area contributed by atoms with Crippen molar-refractivity contribution in [2.45, 2.75) is 58.4 Å². The molecule has 5 heteroatoms. The zero-order valence-electron chi connectivity index (χ0n) is 16.0. The van der Waals surface area contributed by atoms with E-state index in [0.717, 1.165) is 42.6 Å². The number of carbonyl (C=O) groups excluding carboxylic acids is 2. The van der Waals surface area contributed by atoms with Crippen molar-refractivity contribution in [3.8, 4) is 0 Å². The van der Waals surface area contributed by atoms with E-state index in [1.165, 1.54) is 25.3 Å². The molecule has 146 valence electrons. The van der Waals surface area contributed by atoms with E-state index in [-0.39, 0.29) is 29.5 Å². The molecule has 2 amide bonds. The van der Waals surface area contributed by atoms with Crippen molar-refractivity contribution in [1.29, 1.82) is 0 Å². The van der Waals surface area contributed by atoms with E-state index in [0.29, 0.717) is 18.7 Å². The minimum atomic E-state index is -0.260. The second-order valence-electron chi connectivity index (χ2n) is 9.06. The molecule has 0 unspecified atom stereocenters. The fraction of sp³-hybridized carbons (Fsp3) is 0.636. The maximum absolute atomic E-state index is 13.5. The highest BCUT2D eigenvalue weighted by molar-refractivity contribution is 5.84. The van der Waals surface area contributed by atoms with Crippen molar-refractivity contribution in [2.75, 3.05) is 6.54 Å². The molecule has 0 radical (unpaired) electrons. The van der Waals surface area contributed by atoms with Crippen LogP contribution in [0, 0.1) is 35.9 Å². The Labute approximate surface area is 160 Å². The Kier molecular flexibility index (Phi) is 4.95. The fourth-order valence-electron chi connectivity index (χ4n) is 5.90. The van der Waals surface area contributed by atoms with Crippen LogP contribution in [-0.4, -0.2) is 18.4 Å². The Balaban J connectivity index is 1.22. The number of halogens is 1. The number of amides is 2. The largest absolute Gasteiger partial charge is 0.355 e. The molecule has 2 N–H and O–H groups in total. The zero-order valence-corrected chi connectivity index (χ0v) is 16.0. The van der Waals surface area contributed by atoms with Gasteiger partial charge in [-0.3, -0.25) is 9.59 Å². The van der Waals surface area contributed by atoms with Gasteiger partial charge in [0.15, 0.2) is 0 Å². The van der Waals surface area contributed by atoms with Crippen LogP contribution < -0.4 is 10.6 Å². The Morgan fingerprint density at radius 3 is 2.30 bits per heavy atom. The number of carbonyl (C=O) groups is 2. The Morgan fingerprint density at radius 2 is 1.70 bits per heavy atom. The van der Waals surface area contributed by atoms with Crippen molar-refractivity contribution in [3.05, 3.63) is 35.1 Å². The highest BCUT2D eigenvalue weighted by Crippen LogP contribution is 2.60. The lowest BCUT2D eigenvalue weighted by atomic mass is 9.49. The highest BCUT2D eigenvalue weighted by atomic mass is 19.1. The molecule has 1 aromatic rings. The van der Waals surface area contributed by atoms with Crippen LogP contribution in [0.25, 0.3) is 0 Å². The van der Waals surface area contributed by atoms with E-state index < -0.39 is 0 Å². The van der Waals surface area contributed by atoms with Crippen LogP contribution in [-0.2, 0) is 16.1 Å². The molecule has 4 saturated carbocycles. The van der Waals surface area contributed by atoms with Crippen molar-refractivity contribution in [3.63, 3.8) is 0 Å². The normalized spacial score (nSPS) is 31.0. The Hall–Kier alpha value is -1.91. The van der Waals surface area contributed by atoms with Crippen LogP contribution in [0.15, 0.2) is 18.2 Å². The van der Waals surface area contributed by atoms with Gasteiger partial charge >= 0.3 is 0 Å². The third-order valence-electron chi connectivity index (χ3n) is 6.88. The molecule has 0 atom stereocenters. The maximum Gasteiger partial charge on any atom is 0.226 e. The first kappa shape index (κ1) is 18.5. The lowest BCUT2D eigenvalue weighted by Gasteiger charge is -2.55. The van der Waals surface area contributed by atoms with Gasteiger partial charge in [-0.25, -0.2) is 4.39 Å². The summed E-state index contributed by atoms with van der Waals surface area (Å²) < 4.78 is 13.5. The number of rotatable bonds is 6. The van der Waals surface area contributed by atoms with E-state index in [4.69, 9.17) is 0 Å². The molecule has 0 saturated heterocycles. The van der Waals surface area contributed by atoms with Gasteiger partial charge in [0.2, 0.25) is 11.8 Å². The van der Waals surface area contributed by atoms with E-state index in [9.17, 15) is 14.0 Å². The van der Waals surface area contributed by atoms with Crippen LogP contribution in [0.2, 0.25) is 0 Å². The van der Waals surface area contributed by atoms with E-state index >= 15 is 0 Å². The van der Waals surface area contributed by atoms with Crippen LogP contribution in [0.4, 0.5) is 4.39 Å². The lowest BCUT2D eigenvalue weighted by molar-refractivity contribution is -0.146. The van der Waals surface area contributed by atoms with E-state index in [1.54, 1.807) is 13.0 Å². The van der Waals surface area contributed by atoms with Gasteiger partial charge in [-0.15, -0.1) is 0 Å². The standard InChI is InChI=1S/C22H29FN2O2/c1-14-2-3-15(9-19(14)23)13-25-20(26)4-5-24-21(27)22-10-16-6-17(11-22)8-18(7-16)12-22/h2-3,9,16-18H,4-8,10-13H2,1H3,(H,24,27)(H,25,26). The first-order valence-electron chi connectivity index (χ1n) is 10.2. The number of hydrogen-bond acceptors (Lipinski definition) is 2. The van der Waals surface area contributed by atoms with Gasteiger partial charge in [0.05, 0.1) is 0 Å². The quantitative estimate of drug-likeness (QED) is 0.803. The smallest absolute Gasteiger partial charge is 0.226 e. The monoisotopic (exact) mass is 372 g/mol. The summed E-state index contributed by atoms with van der Waals surface area (Å²) in [5.74, 6) is 1.99. The maximum atomic E-state index is 13.5. The van der Waals surface area contributed by atoms with Gasteiger partial charge in [0, 0.05) is 24.9 Å². The predicted molar refractivity (Wildman–Crippen MR) is 101 cm³/mol. The van der Waals surface area contributed by atoms with Crippen molar-refractivity contribution in [1.82, 2.24) is 10.6 Å². The summed E-state index contributed by atoms with van der Waals surface area (Å²) in [5, 5.41) is 5.82. The summed E-state index contributed by atoms with van der Waals surface area (Å²) in [5.41, 5.74) is 1.17. The van der Waals surface area contributed by atoms with Crippen LogP contribution in [0.3, 0.4) is 0 Å². The second kappa shape index (κ2) is 7.25. The lowest BCUT2D eigenvalue weighted by Crippen LogP contribution is -2.53. The average Bonchev–Trinajstić information content (AvgIpc) is 2.61. The third-order valence-corrected chi connectivity index (χ3v) is 6.88. The number of aryl methyl sites for hydroxylation is 1. The minimum absolute atomic E-state index is 0.123. The van der Waals surface area contributed by atoms with Crippen molar-refractivity contribution >= 4 is 11.8 Å². The van der Waals surface area contributed by atoms with Crippen molar-refractivity contribution in [2.24, 2.45) is 23.2 Å². The molecule has 4 aliphatic rings. The van der Waals surface area contributed by atoms with Gasteiger partial charge < -0.3 is 10.6 Å². The van der Waals surface area contributed by atoms with Crippen molar-refractivity contribution < 1.29 is 14.0 Å². The molecule has 0 aliphatic heterocycles. The van der Waals surface area contributed by atoms with Crippen LogP contribution in [0.1, 0.15) is 56.1 Å². The van der Waals surface area contributed by atoms with E-state index in [1.807, 2.05) is 6.07 Å². The molecule has 0 aromatic heterocycles. The number of nitrogens with one attached hydrogen (secondary N) is 2. The third kappa shape index (κ3) is 3.87. The predicted octanol–water partition coefficient (Wildman–Crippen LogP) is 3.47. The summed E-state index contributed by atoms with van der Waals surface area (Å²) in [4.78, 5) is 24.9. The van der Waals surface area contributed by atoms with Gasteiger partial charge in [-0.1, -0.05) is 12.1 Å². The van der Waals surface area contributed by atoms with Gasteiger partial charge in [-0.05, 0) is 80.4 Å². The molecular formula is C22H29FN2O2. The molecule has 4 fully saturated rings. The van der Waals surface area contributed by atoms with Crippen LogP contribution >= 0.6 is 0 Å². The molecule has 5 rings (SSSR count). The average molecular weight is 372 g/mol. The first-order chi connectivity index (χ1) is 12.9. The first-order valence-corrected chi connectivity index (χ1v) is 10.2. The summed E-state index contributed by atoms with van der Waals surface area (Å²) in [6.07, 6.45) is 7.31. The number of hydrogen-bond donors (Lipinski definition) is 2. The summed E-state index contributed by atoms with van der Waals surface area (Å²) in [6, 6.07) is 4.97. The molecule has 1 aromatic carbocycles. The Bertz CT molecular complexity index is 711. The molecule has 4 nitrogen and oxygen atoms in total. The Morgan fingerprint density at radius 1 is 1.07 bits per heavy atom. The summed E-state index contributed by atoms with van der Waals surface area (Å²) in [7, 11) is 0. The summed E-state index contributed by atoms with van der Waals surface area (Å²) in [6.45, 7) is 2.39. The minimum Gasteiger partial charge on any atom is -0.355 e. The molecule has 4 aliphatic carbocycles. The second-order valence-corrected chi connectivity index (χ2v) is 9.06. The van der Waals surface area contributed by atoms with E-state index in [2.05, 4.69) is 10.6 Å². The topological polar surface area (TPSA) is 58.2 Å². The van der Waals surface area contributed by atoms with Gasteiger partial charge in [0.1, 0.15) is 5.82 Å². The highest BCUT2D eigenvalue weighted by Gasteiger charge is 2.54. The molecular weight excluding hydrogens is 343 g/mol. The summed E-state index contributed by atoms with van der Waals surface area (Å²) >= 11 is 0. The van der Waals surface area contributed by atoms with Crippen LogP contribution in [0.5, 0.6) is 0 Å². The van der Waals surface area contributed by atoms with Gasteiger partial charge in [0.25, 0.3) is 0 Å². The SMILES string of the molecule is Cc1ccc(CNC(=O)CCNC(=O)C23CC4CC(CC(C4)C2)C3)cc1F. The molecule has 0 spiro atoms.